The zero-order valence-corrected chi connectivity index (χ0v) is 18.9. The largest absolute Gasteiger partial charge is 0.376 e. The summed E-state index contributed by atoms with van der Waals surface area (Å²) in [5, 5.41) is 6.25. The Labute approximate surface area is 189 Å². The van der Waals surface area contributed by atoms with Crippen molar-refractivity contribution in [1.82, 2.24) is 4.31 Å². The van der Waals surface area contributed by atoms with Crippen LogP contribution in [-0.2, 0) is 34.2 Å². The maximum atomic E-state index is 12.7. The molecule has 0 saturated carbocycles. The van der Waals surface area contributed by atoms with Crippen LogP contribution in [0.25, 0.3) is 0 Å². The number of para-hydroxylation sites is 1. The van der Waals surface area contributed by atoms with Gasteiger partial charge in [-0.25, -0.2) is 8.42 Å². The molecule has 6 nitrogen and oxygen atoms in total. The highest BCUT2D eigenvalue weighted by molar-refractivity contribution is 7.88. The minimum Gasteiger partial charge on any atom is -0.376 e. The molecule has 1 aliphatic heterocycles. The van der Waals surface area contributed by atoms with E-state index in [1.165, 1.54) is 16.1 Å². The molecule has 0 aliphatic carbocycles. The number of carbonyl (C=O) groups excluding carboxylic acids is 1. The normalized spacial score (nSPS) is 13.9. The molecule has 0 radical (unpaired) electrons. The predicted molar refractivity (Wildman–Crippen MR) is 128 cm³/mol. The number of benzene rings is 3. The molecule has 3 aromatic rings. The molecule has 0 atom stereocenters. The molecule has 1 aliphatic rings. The molecule has 3 aromatic carbocycles. The fourth-order valence-electron chi connectivity index (χ4n) is 4.01. The van der Waals surface area contributed by atoms with E-state index >= 15 is 0 Å². The van der Waals surface area contributed by atoms with E-state index in [1.807, 2.05) is 60.7 Å². The minimum absolute atomic E-state index is 0.128. The van der Waals surface area contributed by atoms with Gasteiger partial charge in [0, 0.05) is 24.5 Å². The lowest BCUT2D eigenvalue weighted by Gasteiger charge is -2.28. The van der Waals surface area contributed by atoms with Crippen molar-refractivity contribution in [3.63, 3.8) is 0 Å². The molecule has 0 bridgehead atoms. The summed E-state index contributed by atoms with van der Waals surface area (Å²) in [6.07, 6.45) is 2.60. The van der Waals surface area contributed by atoms with Gasteiger partial charge in [-0.05, 0) is 47.2 Å². The Morgan fingerprint density at radius 3 is 2.44 bits per heavy atom. The van der Waals surface area contributed by atoms with Crippen molar-refractivity contribution in [3.05, 3.63) is 95.1 Å². The molecule has 4 rings (SSSR count). The van der Waals surface area contributed by atoms with Gasteiger partial charge < -0.3 is 10.6 Å². The Balaban J connectivity index is 1.41. The second kappa shape index (κ2) is 9.54. The van der Waals surface area contributed by atoms with Gasteiger partial charge >= 0.3 is 0 Å². The molecule has 0 fully saturated rings. The van der Waals surface area contributed by atoms with Crippen molar-refractivity contribution < 1.29 is 13.2 Å². The molecular weight excluding hydrogens is 422 g/mol. The van der Waals surface area contributed by atoms with Crippen LogP contribution in [0, 0.1) is 0 Å². The van der Waals surface area contributed by atoms with Crippen LogP contribution in [0.15, 0.2) is 72.8 Å². The third kappa shape index (κ3) is 5.36. The molecule has 1 heterocycles. The number of carbonyl (C=O) groups is 1. The van der Waals surface area contributed by atoms with E-state index < -0.39 is 10.0 Å². The minimum atomic E-state index is -3.22. The highest BCUT2D eigenvalue weighted by Crippen LogP contribution is 2.27. The fraction of sp³-hybridized carbons (Fsp3) is 0.240. The lowest BCUT2D eigenvalue weighted by molar-refractivity contribution is -0.114. The molecule has 2 N–H and O–H groups in total. The van der Waals surface area contributed by atoms with Gasteiger partial charge in [-0.2, -0.15) is 4.31 Å². The van der Waals surface area contributed by atoms with E-state index in [0.717, 1.165) is 34.5 Å². The summed E-state index contributed by atoms with van der Waals surface area (Å²) in [4.78, 5) is 12.7. The summed E-state index contributed by atoms with van der Waals surface area (Å²) in [5.41, 5.74) is 5.98. The molecule has 0 aromatic heterocycles. The van der Waals surface area contributed by atoms with Crippen molar-refractivity contribution in [1.29, 1.82) is 0 Å². The number of sulfonamides is 1. The first-order chi connectivity index (χ1) is 15.4. The molecule has 0 unspecified atom stereocenters. The molecule has 1 amide bonds. The van der Waals surface area contributed by atoms with E-state index in [-0.39, 0.29) is 12.5 Å². The summed E-state index contributed by atoms with van der Waals surface area (Å²) in [6.45, 7) is 0.943. The van der Waals surface area contributed by atoms with Gasteiger partial charge in [-0.3, -0.25) is 4.79 Å². The smallest absolute Gasteiger partial charge is 0.243 e. The topological polar surface area (TPSA) is 78.5 Å². The SMILES string of the molecule is CS(=O)(=O)N1CCc2c(cccc2NCC(=O)Nc2ccccc2Cc2ccccc2)C1. The maximum Gasteiger partial charge on any atom is 0.243 e. The fourth-order valence-corrected chi connectivity index (χ4v) is 4.81. The number of fused-ring (bicyclic) bond motifs is 1. The molecular formula is C25H27N3O3S. The second-order valence-corrected chi connectivity index (χ2v) is 9.99. The number of hydrogen-bond donors (Lipinski definition) is 2. The highest BCUT2D eigenvalue weighted by atomic mass is 32.2. The van der Waals surface area contributed by atoms with Crippen LogP contribution in [0.2, 0.25) is 0 Å². The Kier molecular flexibility index (Phi) is 6.58. The summed E-state index contributed by atoms with van der Waals surface area (Å²) in [7, 11) is -3.22. The van der Waals surface area contributed by atoms with E-state index in [4.69, 9.17) is 0 Å². The number of amides is 1. The average Bonchev–Trinajstić information content (AvgIpc) is 2.78. The van der Waals surface area contributed by atoms with Gasteiger partial charge in [0.1, 0.15) is 0 Å². The van der Waals surface area contributed by atoms with Crippen LogP contribution >= 0.6 is 0 Å². The summed E-state index contributed by atoms with van der Waals surface area (Å²) in [6, 6.07) is 23.8. The summed E-state index contributed by atoms with van der Waals surface area (Å²) >= 11 is 0. The number of hydrogen-bond acceptors (Lipinski definition) is 4. The maximum absolute atomic E-state index is 12.7. The average molecular weight is 450 g/mol. The first-order valence-electron chi connectivity index (χ1n) is 10.6. The van der Waals surface area contributed by atoms with Crippen LogP contribution in [0.4, 0.5) is 11.4 Å². The second-order valence-electron chi connectivity index (χ2n) is 8.01. The first kappa shape index (κ1) is 22.0. The Hall–Kier alpha value is -3.16. The quantitative estimate of drug-likeness (QED) is 0.577. The number of nitrogens with zero attached hydrogens (tertiary/aromatic N) is 1. The monoisotopic (exact) mass is 449 g/mol. The summed E-state index contributed by atoms with van der Waals surface area (Å²) < 4.78 is 25.2. The van der Waals surface area contributed by atoms with Crippen LogP contribution in [-0.4, -0.2) is 38.0 Å². The molecule has 32 heavy (non-hydrogen) atoms. The van der Waals surface area contributed by atoms with Gasteiger partial charge in [0.2, 0.25) is 15.9 Å². The van der Waals surface area contributed by atoms with Gasteiger partial charge in [-0.15, -0.1) is 0 Å². The Bertz CT molecular complexity index is 1210. The number of anilines is 2. The van der Waals surface area contributed by atoms with Crippen LogP contribution in [0.5, 0.6) is 0 Å². The van der Waals surface area contributed by atoms with Crippen molar-refractivity contribution in [2.45, 2.75) is 19.4 Å². The molecule has 7 heteroatoms. The van der Waals surface area contributed by atoms with E-state index in [1.54, 1.807) is 0 Å². The zero-order valence-electron chi connectivity index (χ0n) is 18.0. The lowest BCUT2D eigenvalue weighted by Crippen LogP contribution is -2.35. The van der Waals surface area contributed by atoms with Crippen molar-refractivity contribution in [2.75, 3.05) is 30.0 Å². The third-order valence-electron chi connectivity index (χ3n) is 5.67. The number of nitrogens with one attached hydrogen (secondary N) is 2. The number of rotatable bonds is 7. The summed E-state index contributed by atoms with van der Waals surface area (Å²) in [5.74, 6) is -0.128. The van der Waals surface area contributed by atoms with Gasteiger partial charge in [0.25, 0.3) is 0 Å². The molecule has 0 spiro atoms. The zero-order chi connectivity index (χ0) is 22.6. The highest BCUT2D eigenvalue weighted by Gasteiger charge is 2.24. The van der Waals surface area contributed by atoms with Gasteiger partial charge in [-0.1, -0.05) is 60.7 Å². The Morgan fingerprint density at radius 2 is 1.66 bits per heavy atom. The van der Waals surface area contributed by atoms with Crippen LogP contribution < -0.4 is 10.6 Å². The van der Waals surface area contributed by atoms with E-state index in [9.17, 15) is 13.2 Å². The van der Waals surface area contributed by atoms with Crippen molar-refractivity contribution in [3.8, 4) is 0 Å². The van der Waals surface area contributed by atoms with E-state index in [0.29, 0.717) is 19.5 Å². The van der Waals surface area contributed by atoms with Crippen molar-refractivity contribution in [2.24, 2.45) is 0 Å². The van der Waals surface area contributed by atoms with Gasteiger partial charge in [0.05, 0.1) is 12.8 Å². The first-order valence-corrected chi connectivity index (χ1v) is 12.5. The van der Waals surface area contributed by atoms with E-state index in [2.05, 4.69) is 22.8 Å². The van der Waals surface area contributed by atoms with Gasteiger partial charge in [0.15, 0.2) is 0 Å². The van der Waals surface area contributed by atoms with Crippen LogP contribution in [0.1, 0.15) is 22.3 Å². The predicted octanol–water partition coefficient (Wildman–Crippen LogP) is 3.65. The van der Waals surface area contributed by atoms with Crippen molar-refractivity contribution >= 4 is 27.3 Å². The lowest BCUT2D eigenvalue weighted by atomic mass is 9.99. The molecule has 0 saturated heterocycles. The van der Waals surface area contributed by atoms with Crippen LogP contribution in [0.3, 0.4) is 0 Å². The standard InChI is InChI=1S/C25H27N3O3S/c1-32(30,31)28-15-14-22-21(18-28)11-7-13-24(22)26-17-25(29)27-23-12-6-5-10-20(23)16-19-8-3-2-4-9-19/h2-13,26H,14-18H2,1H3,(H,27,29). The molecule has 166 valence electrons. The Morgan fingerprint density at radius 1 is 0.938 bits per heavy atom. The third-order valence-corrected chi connectivity index (χ3v) is 6.92.